The standard InChI is InChI=1S/C22H36N2O5/c1-16(2)24(19-8-7-18(10-11-25)23-15-19)22(26)17-6-9-20(28-4)21(14-17)29-13-5-12-27-3/h6,9,14,16,18-19,23,25H,5,7-8,10-13,15H2,1-4H3/t18-,19?/m0/s1. The van der Waals surface area contributed by atoms with Crippen molar-refractivity contribution in [3.8, 4) is 11.5 Å². The summed E-state index contributed by atoms with van der Waals surface area (Å²) in [6.07, 6.45) is 3.40. The summed E-state index contributed by atoms with van der Waals surface area (Å²) in [6, 6.07) is 5.89. The average molecular weight is 409 g/mol. The van der Waals surface area contributed by atoms with Gasteiger partial charge in [-0.05, 0) is 51.3 Å². The largest absolute Gasteiger partial charge is 0.493 e. The number of hydrogen-bond acceptors (Lipinski definition) is 6. The molecule has 0 aliphatic carbocycles. The van der Waals surface area contributed by atoms with Gasteiger partial charge in [-0.15, -0.1) is 0 Å². The third-order valence-corrected chi connectivity index (χ3v) is 5.31. The predicted octanol–water partition coefficient (Wildman–Crippen LogP) is 2.46. The van der Waals surface area contributed by atoms with Crippen LogP contribution in [0.25, 0.3) is 0 Å². The van der Waals surface area contributed by atoms with Crippen molar-refractivity contribution in [3.05, 3.63) is 23.8 Å². The van der Waals surface area contributed by atoms with Gasteiger partial charge in [0.15, 0.2) is 11.5 Å². The molecule has 1 amide bonds. The molecule has 0 saturated carbocycles. The van der Waals surface area contributed by atoms with E-state index in [1.807, 2.05) is 18.7 Å². The fraction of sp³-hybridized carbons (Fsp3) is 0.682. The minimum atomic E-state index is -0.00296. The number of carbonyl (C=O) groups is 1. The minimum Gasteiger partial charge on any atom is -0.493 e. The molecule has 1 unspecified atom stereocenters. The minimum absolute atomic E-state index is 0.00296. The van der Waals surface area contributed by atoms with Crippen LogP contribution in [0.2, 0.25) is 0 Å². The molecule has 1 aliphatic rings. The zero-order valence-electron chi connectivity index (χ0n) is 18.1. The number of nitrogens with zero attached hydrogens (tertiary/aromatic N) is 1. The number of hydrogen-bond donors (Lipinski definition) is 2. The van der Waals surface area contributed by atoms with Gasteiger partial charge in [0.2, 0.25) is 0 Å². The van der Waals surface area contributed by atoms with Gasteiger partial charge >= 0.3 is 0 Å². The highest BCUT2D eigenvalue weighted by Gasteiger charge is 2.31. The van der Waals surface area contributed by atoms with Crippen LogP contribution in [-0.4, -0.2) is 74.6 Å². The molecule has 29 heavy (non-hydrogen) atoms. The Kier molecular flexibility index (Phi) is 9.70. The molecule has 2 N–H and O–H groups in total. The number of amides is 1. The number of methoxy groups -OCH3 is 2. The van der Waals surface area contributed by atoms with Crippen molar-refractivity contribution in [3.63, 3.8) is 0 Å². The number of aliphatic hydroxyl groups is 1. The summed E-state index contributed by atoms with van der Waals surface area (Å²) in [4.78, 5) is 15.3. The second-order valence-electron chi connectivity index (χ2n) is 7.72. The lowest BCUT2D eigenvalue weighted by molar-refractivity contribution is 0.0548. The van der Waals surface area contributed by atoms with Gasteiger partial charge in [0, 0.05) is 57.0 Å². The lowest BCUT2D eigenvalue weighted by Gasteiger charge is -2.40. The Morgan fingerprint density at radius 1 is 1.24 bits per heavy atom. The van der Waals surface area contributed by atoms with Crippen LogP contribution >= 0.6 is 0 Å². The highest BCUT2D eigenvalue weighted by Crippen LogP contribution is 2.30. The molecular formula is C22H36N2O5. The maximum Gasteiger partial charge on any atom is 0.254 e. The van der Waals surface area contributed by atoms with Crippen LogP contribution in [0.3, 0.4) is 0 Å². The second-order valence-corrected chi connectivity index (χ2v) is 7.72. The van der Waals surface area contributed by atoms with Gasteiger partial charge in [-0.3, -0.25) is 4.79 Å². The van der Waals surface area contributed by atoms with E-state index in [1.165, 1.54) is 0 Å². The Labute approximate surface area is 174 Å². The molecule has 0 radical (unpaired) electrons. The maximum atomic E-state index is 13.4. The van der Waals surface area contributed by atoms with Crippen molar-refractivity contribution in [2.75, 3.05) is 40.6 Å². The summed E-state index contributed by atoms with van der Waals surface area (Å²) in [5.41, 5.74) is 0.596. The highest BCUT2D eigenvalue weighted by atomic mass is 16.5. The molecule has 1 heterocycles. The normalized spacial score (nSPS) is 19.2. The van der Waals surface area contributed by atoms with E-state index in [2.05, 4.69) is 5.32 Å². The lowest BCUT2D eigenvalue weighted by Crippen LogP contribution is -2.54. The number of aliphatic hydroxyl groups excluding tert-OH is 1. The van der Waals surface area contributed by atoms with E-state index in [0.29, 0.717) is 36.3 Å². The molecule has 7 nitrogen and oxygen atoms in total. The molecule has 1 fully saturated rings. The first-order valence-corrected chi connectivity index (χ1v) is 10.5. The summed E-state index contributed by atoms with van der Waals surface area (Å²) < 4.78 is 16.3. The van der Waals surface area contributed by atoms with Crippen LogP contribution in [-0.2, 0) is 4.74 Å². The molecule has 2 atom stereocenters. The maximum absolute atomic E-state index is 13.4. The number of ether oxygens (including phenoxy) is 3. The number of nitrogens with one attached hydrogen (secondary N) is 1. The Morgan fingerprint density at radius 2 is 2.03 bits per heavy atom. The Balaban J connectivity index is 2.12. The van der Waals surface area contributed by atoms with Crippen LogP contribution in [0.5, 0.6) is 11.5 Å². The molecule has 7 heteroatoms. The van der Waals surface area contributed by atoms with Crippen LogP contribution in [0.4, 0.5) is 0 Å². The fourth-order valence-electron chi connectivity index (χ4n) is 3.82. The van der Waals surface area contributed by atoms with Gasteiger partial charge in [0.05, 0.1) is 13.7 Å². The summed E-state index contributed by atoms with van der Waals surface area (Å²) in [5.74, 6) is 1.18. The van der Waals surface area contributed by atoms with Crippen molar-refractivity contribution in [2.24, 2.45) is 0 Å². The average Bonchev–Trinajstić information content (AvgIpc) is 2.72. The molecule has 2 rings (SSSR count). The van der Waals surface area contributed by atoms with E-state index in [9.17, 15) is 4.79 Å². The van der Waals surface area contributed by atoms with Crippen LogP contribution in [0, 0.1) is 0 Å². The molecule has 1 aromatic rings. The summed E-state index contributed by atoms with van der Waals surface area (Å²) in [7, 11) is 3.25. The predicted molar refractivity (Wildman–Crippen MR) is 113 cm³/mol. The lowest BCUT2D eigenvalue weighted by atomic mass is 9.96. The Hall–Kier alpha value is -1.83. The van der Waals surface area contributed by atoms with E-state index in [0.717, 1.165) is 32.2 Å². The van der Waals surface area contributed by atoms with Crippen LogP contribution < -0.4 is 14.8 Å². The van der Waals surface area contributed by atoms with E-state index >= 15 is 0 Å². The van der Waals surface area contributed by atoms with Gasteiger partial charge in [-0.1, -0.05) is 0 Å². The van der Waals surface area contributed by atoms with Gasteiger partial charge in [-0.25, -0.2) is 0 Å². The van der Waals surface area contributed by atoms with Crippen LogP contribution in [0.15, 0.2) is 18.2 Å². The van der Waals surface area contributed by atoms with Crippen molar-refractivity contribution >= 4 is 5.91 Å². The molecule has 0 aromatic heterocycles. The number of carbonyl (C=O) groups excluding carboxylic acids is 1. The van der Waals surface area contributed by atoms with Gasteiger partial charge in [-0.2, -0.15) is 0 Å². The first kappa shape index (κ1) is 23.4. The smallest absolute Gasteiger partial charge is 0.254 e. The fourth-order valence-corrected chi connectivity index (χ4v) is 3.82. The SMILES string of the molecule is COCCCOc1cc(C(=O)N(C(C)C)C2CC[C@@H](CCO)NC2)ccc1OC. The molecule has 1 saturated heterocycles. The third kappa shape index (κ3) is 6.59. The van der Waals surface area contributed by atoms with Crippen molar-refractivity contribution in [1.29, 1.82) is 0 Å². The second kappa shape index (κ2) is 12.0. The van der Waals surface area contributed by atoms with Crippen LogP contribution in [0.1, 0.15) is 49.9 Å². The molecule has 0 spiro atoms. The quantitative estimate of drug-likeness (QED) is 0.548. The van der Waals surface area contributed by atoms with E-state index in [4.69, 9.17) is 19.3 Å². The van der Waals surface area contributed by atoms with Gasteiger partial charge in [0.1, 0.15) is 0 Å². The molecule has 1 aromatic carbocycles. The Morgan fingerprint density at radius 3 is 2.62 bits per heavy atom. The zero-order chi connectivity index (χ0) is 21.2. The number of rotatable bonds is 11. The number of benzene rings is 1. The summed E-state index contributed by atoms with van der Waals surface area (Å²) >= 11 is 0. The Bertz CT molecular complexity index is 630. The highest BCUT2D eigenvalue weighted by molar-refractivity contribution is 5.95. The van der Waals surface area contributed by atoms with Crippen molar-refractivity contribution in [1.82, 2.24) is 10.2 Å². The molecular weight excluding hydrogens is 372 g/mol. The van der Waals surface area contributed by atoms with Crippen molar-refractivity contribution in [2.45, 2.75) is 57.7 Å². The third-order valence-electron chi connectivity index (χ3n) is 5.31. The van der Waals surface area contributed by atoms with Crippen molar-refractivity contribution < 1.29 is 24.1 Å². The molecule has 1 aliphatic heterocycles. The molecule has 0 bridgehead atoms. The summed E-state index contributed by atoms with van der Waals surface area (Å²) in [6.45, 7) is 6.13. The van der Waals surface area contributed by atoms with Gasteiger partial charge in [0.25, 0.3) is 5.91 Å². The zero-order valence-corrected chi connectivity index (χ0v) is 18.1. The first-order chi connectivity index (χ1) is 14.0. The van der Waals surface area contributed by atoms with E-state index in [-0.39, 0.29) is 24.6 Å². The van der Waals surface area contributed by atoms with E-state index < -0.39 is 0 Å². The monoisotopic (exact) mass is 408 g/mol. The number of piperidine rings is 1. The summed E-state index contributed by atoms with van der Waals surface area (Å²) in [5, 5.41) is 12.6. The molecule has 164 valence electrons. The van der Waals surface area contributed by atoms with E-state index in [1.54, 1.807) is 32.4 Å². The first-order valence-electron chi connectivity index (χ1n) is 10.5. The van der Waals surface area contributed by atoms with Gasteiger partial charge < -0.3 is 29.5 Å². The topological polar surface area (TPSA) is 80.3 Å².